The Hall–Kier alpha value is -2.38. The van der Waals surface area contributed by atoms with Crippen LogP contribution in [0.1, 0.15) is 47.6 Å². The van der Waals surface area contributed by atoms with Crippen LogP contribution in [0.2, 0.25) is 0 Å². The number of amides is 1. The molecular formula is C24H34N4O3. The molecule has 2 aromatic rings. The Kier molecular flexibility index (Phi) is 6.92. The first-order valence-electron chi connectivity index (χ1n) is 11.4. The molecule has 1 aromatic carbocycles. The summed E-state index contributed by atoms with van der Waals surface area (Å²) in [6.07, 6.45) is 2.83. The Morgan fingerprint density at radius 3 is 2.87 bits per heavy atom. The number of nitrogens with one attached hydrogen (secondary N) is 1. The summed E-state index contributed by atoms with van der Waals surface area (Å²) >= 11 is 0. The molecule has 4 rings (SSSR count). The Bertz CT molecular complexity index is 902. The van der Waals surface area contributed by atoms with Gasteiger partial charge in [-0.15, -0.1) is 0 Å². The summed E-state index contributed by atoms with van der Waals surface area (Å²) in [5.74, 6) is 1.41. The van der Waals surface area contributed by atoms with E-state index >= 15 is 0 Å². The van der Waals surface area contributed by atoms with Crippen LogP contribution in [0.5, 0.6) is 5.75 Å². The van der Waals surface area contributed by atoms with Gasteiger partial charge in [-0.1, -0.05) is 26.0 Å². The fraction of sp³-hybridized carbons (Fsp3) is 0.583. The zero-order valence-electron chi connectivity index (χ0n) is 18.9. The van der Waals surface area contributed by atoms with Gasteiger partial charge in [0, 0.05) is 43.5 Å². The lowest BCUT2D eigenvalue weighted by atomic mass is 9.90. The first-order valence-corrected chi connectivity index (χ1v) is 11.4. The zero-order chi connectivity index (χ0) is 21.8. The first kappa shape index (κ1) is 21.8. The highest BCUT2D eigenvalue weighted by atomic mass is 16.5. The smallest absolute Gasteiger partial charge is 0.274 e. The molecule has 1 fully saturated rings. The second-order valence-electron chi connectivity index (χ2n) is 8.93. The van der Waals surface area contributed by atoms with Gasteiger partial charge in [-0.3, -0.25) is 9.48 Å². The quantitative estimate of drug-likeness (QED) is 0.737. The number of nitrogens with zero attached hydrogens (tertiary/aromatic N) is 3. The van der Waals surface area contributed by atoms with Crippen LogP contribution in [0, 0.1) is 5.92 Å². The lowest BCUT2D eigenvalue weighted by Gasteiger charge is -2.28. The lowest BCUT2D eigenvalue weighted by Crippen LogP contribution is -2.41. The molecule has 31 heavy (non-hydrogen) atoms. The predicted octanol–water partition coefficient (Wildman–Crippen LogP) is 2.67. The van der Waals surface area contributed by atoms with E-state index in [1.807, 2.05) is 17.0 Å². The standard InChI is InChI=1S/C24H34N4O3/c1-17(2)16-28-22-8-7-19(25-15-18-5-4-6-20(13-18)30-3)14-21(22)23(26-28)24(29)27-9-11-31-12-10-27/h4-6,13,17,19,25H,7-12,14-16H2,1-3H3/t19-/m1/s1. The highest BCUT2D eigenvalue weighted by Gasteiger charge is 2.31. The molecule has 0 saturated carbocycles. The molecule has 1 amide bonds. The molecule has 0 bridgehead atoms. The van der Waals surface area contributed by atoms with Gasteiger partial charge in [-0.05, 0) is 42.9 Å². The van der Waals surface area contributed by atoms with E-state index in [9.17, 15) is 4.79 Å². The minimum absolute atomic E-state index is 0.0514. The third-order valence-corrected chi connectivity index (χ3v) is 6.11. The van der Waals surface area contributed by atoms with Gasteiger partial charge in [0.25, 0.3) is 5.91 Å². The van der Waals surface area contributed by atoms with Gasteiger partial charge >= 0.3 is 0 Å². The van der Waals surface area contributed by atoms with Crippen molar-refractivity contribution >= 4 is 5.91 Å². The van der Waals surface area contributed by atoms with E-state index in [-0.39, 0.29) is 5.91 Å². The molecule has 1 aromatic heterocycles. The maximum absolute atomic E-state index is 13.3. The average Bonchev–Trinajstić information content (AvgIpc) is 3.15. The van der Waals surface area contributed by atoms with Crippen molar-refractivity contribution in [3.8, 4) is 5.75 Å². The van der Waals surface area contributed by atoms with Gasteiger partial charge < -0.3 is 19.7 Å². The molecule has 1 N–H and O–H groups in total. The van der Waals surface area contributed by atoms with Crippen LogP contribution < -0.4 is 10.1 Å². The van der Waals surface area contributed by atoms with E-state index in [4.69, 9.17) is 14.6 Å². The van der Waals surface area contributed by atoms with Crippen molar-refractivity contribution in [2.45, 2.75) is 52.2 Å². The van der Waals surface area contributed by atoms with Gasteiger partial charge in [0.2, 0.25) is 0 Å². The maximum atomic E-state index is 13.3. The van der Waals surface area contributed by atoms with Crippen molar-refractivity contribution in [1.29, 1.82) is 0 Å². The van der Waals surface area contributed by atoms with E-state index in [0.29, 0.717) is 44.0 Å². The lowest BCUT2D eigenvalue weighted by molar-refractivity contribution is 0.0297. The van der Waals surface area contributed by atoms with Gasteiger partial charge in [0.1, 0.15) is 5.75 Å². The molecular weight excluding hydrogens is 392 g/mol. The molecule has 1 saturated heterocycles. The minimum Gasteiger partial charge on any atom is -0.497 e. The summed E-state index contributed by atoms with van der Waals surface area (Å²) in [6, 6.07) is 8.48. The molecule has 0 spiro atoms. The molecule has 1 aliphatic carbocycles. The number of benzene rings is 1. The summed E-state index contributed by atoms with van der Waals surface area (Å²) < 4.78 is 12.9. The number of rotatable bonds is 7. The number of carbonyl (C=O) groups is 1. The highest BCUT2D eigenvalue weighted by molar-refractivity contribution is 5.94. The molecule has 168 valence electrons. The van der Waals surface area contributed by atoms with Gasteiger partial charge in [-0.25, -0.2) is 0 Å². The zero-order valence-corrected chi connectivity index (χ0v) is 18.9. The van der Waals surface area contributed by atoms with Crippen molar-refractivity contribution < 1.29 is 14.3 Å². The maximum Gasteiger partial charge on any atom is 0.274 e. The topological polar surface area (TPSA) is 68.6 Å². The van der Waals surface area contributed by atoms with E-state index in [2.05, 4.69) is 36.0 Å². The van der Waals surface area contributed by atoms with E-state index in [0.717, 1.165) is 43.7 Å². The monoisotopic (exact) mass is 426 g/mol. The van der Waals surface area contributed by atoms with Crippen LogP contribution in [-0.2, 0) is 30.7 Å². The SMILES string of the molecule is COc1cccc(CN[C@@H]2CCc3c(c(C(=O)N4CCOCC4)nn3CC(C)C)C2)c1. The molecule has 0 unspecified atom stereocenters. The predicted molar refractivity (Wildman–Crippen MR) is 119 cm³/mol. The normalized spacial score (nSPS) is 18.8. The number of hydrogen-bond acceptors (Lipinski definition) is 5. The molecule has 0 radical (unpaired) electrons. The number of hydrogen-bond donors (Lipinski definition) is 1. The minimum atomic E-state index is 0.0514. The Labute approximate surface area is 184 Å². The second-order valence-corrected chi connectivity index (χ2v) is 8.93. The van der Waals surface area contributed by atoms with Crippen molar-refractivity contribution in [2.75, 3.05) is 33.4 Å². The van der Waals surface area contributed by atoms with Crippen molar-refractivity contribution in [2.24, 2.45) is 5.92 Å². The Balaban J connectivity index is 1.51. The second kappa shape index (κ2) is 9.83. The van der Waals surface area contributed by atoms with E-state index < -0.39 is 0 Å². The van der Waals surface area contributed by atoms with Crippen molar-refractivity contribution in [3.63, 3.8) is 0 Å². The van der Waals surface area contributed by atoms with E-state index in [1.54, 1.807) is 7.11 Å². The van der Waals surface area contributed by atoms with Crippen LogP contribution in [-0.4, -0.2) is 60.0 Å². The largest absolute Gasteiger partial charge is 0.497 e. The number of ether oxygens (including phenoxy) is 2. The number of aromatic nitrogens is 2. The Morgan fingerprint density at radius 2 is 2.13 bits per heavy atom. The van der Waals surface area contributed by atoms with E-state index in [1.165, 1.54) is 11.3 Å². The van der Waals surface area contributed by atoms with Crippen LogP contribution >= 0.6 is 0 Å². The number of morpholine rings is 1. The van der Waals surface area contributed by atoms with Gasteiger partial charge in [0.05, 0.1) is 20.3 Å². The summed E-state index contributed by atoms with van der Waals surface area (Å²) in [4.78, 5) is 15.2. The molecule has 2 heterocycles. The molecule has 7 heteroatoms. The molecule has 1 atom stereocenters. The highest BCUT2D eigenvalue weighted by Crippen LogP contribution is 2.27. The number of fused-ring (bicyclic) bond motifs is 1. The van der Waals surface area contributed by atoms with Gasteiger partial charge in [0.15, 0.2) is 5.69 Å². The van der Waals surface area contributed by atoms with Crippen molar-refractivity contribution in [3.05, 3.63) is 46.8 Å². The molecule has 1 aliphatic heterocycles. The fourth-order valence-corrected chi connectivity index (χ4v) is 4.49. The van der Waals surface area contributed by atoms with Crippen LogP contribution in [0.15, 0.2) is 24.3 Å². The summed E-state index contributed by atoms with van der Waals surface area (Å²) in [5, 5.41) is 8.51. The summed E-state index contributed by atoms with van der Waals surface area (Å²) in [6.45, 7) is 8.50. The van der Waals surface area contributed by atoms with Crippen LogP contribution in [0.4, 0.5) is 0 Å². The number of carbonyl (C=O) groups excluding carboxylic acids is 1. The number of methoxy groups -OCH3 is 1. The van der Waals surface area contributed by atoms with Gasteiger partial charge in [-0.2, -0.15) is 5.10 Å². The first-order chi connectivity index (χ1) is 15.0. The fourth-order valence-electron chi connectivity index (χ4n) is 4.49. The summed E-state index contributed by atoms with van der Waals surface area (Å²) in [7, 11) is 1.69. The molecule has 2 aliphatic rings. The molecule has 7 nitrogen and oxygen atoms in total. The van der Waals surface area contributed by atoms with Crippen LogP contribution in [0.25, 0.3) is 0 Å². The van der Waals surface area contributed by atoms with Crippen molar-refractivity contribution in [1.82, 2.24) is 20.0 Å². The third-order valence-electron chi connectivity index (χ3n) is 6.11. The van der Waals surface area contributed by atoms with Crippen LogP contribution in [0.3, 0.4) is 0 Å². The Morgan fingerprint density at radius 1 is 1.32 bits per heavy atom. The summed E-state index contributed by atoms with van der Waals surface area (Å²) in [5.41, 5.74) is 4.21. The third kappa shape index (κ3) is 5.10. The average molecular weight is 427 g/mol.